The minimum absolute atomic E-state index is 0.00713. The van der Waals surface area contributed by atoms with E-state index in [1.165, 1.54) is 4.90 Å². The van der Waals surface area contributed by atoms with Gasteiger partial charge in [-0.25, -0.2) is 4.79 Å². The average Bonchev–Trinajstić information content (AvgIpc) is 3.34. The number of carbonyl (C=O) groups is 2. The molecule has 2 fully saturated rings. The van der Waals surface area contributed by atoms with Crippen LogP contribution >= 0.6 is 0 Å². The number of urea groups is 1. The van der Waals surface area contributed by atoms with Crippen LogP contribution in [-0.2, 0) is 17.8 Å². The van der Waals surface area contributed by atoms with Crippen LogP contribution in [0.4, 0.5) is 4.79 Å². The van der Waals surface area contributed by atoms with E-state index in [1.54, 1.807) is 18.7 Å². The molecule has 7 heteroatoms. The topological polar surface area (TPSA) is 69.9 Å². The number of carbonyl (C=O) groups excluding carboxylic acids is 2. The second kappa shape index (κ2) is 9.22. The Kier molecular flexibility index (Phi) is 6.41. The van der Waals surface area contributed by atoms with Gasteiger partial charge < -0.3 is 9.32 Å². The smallest absolute Gasteiger partial charge is 0.327 e. The molecule has 1 spiro atoms. The Balaban J connectivity index is 1.43. The van der Waals surface area contributed by atoms with Crippen LogP contribution in [0.5, 0.6) is 0 Å². The average molecular weight is 425 g/mol. The van der Waals surface area contributed by atoms with E-state index in [2.05, 4.69) is 23.7 Å². The Morgan fingerprint density at radius 3 is 2.61 bits per heavy atom. The second-order valence-corrected chi connectivity index (χ2v) is 9.15. The zero-order valence-corrected chi connectivity index (χ0v) is 18.5. The minimum atomic E-state index is -0.692. The molecule has 4 rings (SSSR count). The lowest BCUT2D eigenvalue weighted by atomic mass is 9.85. The molecule has 0 bridgehead atoms. The Bertz CT molecular complexity index is 873. The standard InChI is InChI=1S/C24H32N4O3/c1-19(2)16-28-23(30)27(11-4-6-20-5-3-10-25-15-20)22(29)24(28)8-12-26(13-9-24)17-21-7-14-31-18-21/h3,5,7,10,14-15,18-19H,4,6,8-9,11-13,16-17H2,1-2H3. The number of pyridine rings is 1. The first-order chi connectivity index (χ1) is 15.0. The fourth-order valence-electron chi connectivity index (χ4n) is 4.79. The highest BCUT2D eigenvalue weighted by atomic mass is 16.3. The van der Waals surface area contributed by atoms with Gasteiger partial charge in [0.05, 0.1) is 12.5 Å². The molecule has 2 aromatic rings. The molecule has 0 saturated carbocycles. The molecule has 2 saturated heterocycles. The third-order valence-electron chi connectivity index (χ3n) is 6.41. The molecule has 2 aromatic heterocycles. The van der Waals surface area contributed by atoms with Crippen molar-refractivity contribution in [1.29, 1.82) is 0 Å². The van der Waals surface area contributed by atoms with Gasteiger partial charge in [0.2, 0.25) is 0 Å². The van der Waals surface area contributed by atoms with E-state index in [-0.39, 0.29) is 11.9 Å². The van der Waals surface area contributed by atoms with E-state index in [0.717, 1.165) is 43.6 Å². The van der Waals surface area contributed by atoms with E-state index in [1.807, 2.05) is 29.3 Å². The van der Waals surface area contributed by atoms with Crippen molar-refractivity contribution in [3.05, 3.63) is 54.2 Å². The number of amides is 3. The van der Waals surface area contributed by atoms with Crippen LogP contribution in [0.1, 0.15) is 44.2 Å². The molecule has 2 aliphatic rings. The summed E-state index contributed by atoms with van der Waals surface area (Å²) in [7, 11) is 0. The molecule has 7 nitrogen and oxygen atoms in total. The molecule has 3 amide bonds. The fourth-order valence-corrected chi connectivity index (χ4v) is 4.79. The molecule has 2 aliphatic heterocycles. The van der Waals surface area contributed by atoms with Crippen molar-refractivity contribution in [2.24, 2.45) is 5.92 Å². The van der Waals surface area contributed by atoms with Gasteiger partial charge >= 0.3 is 6.03 Å². The molecular weight excluding hydrogens is 392 g/mol. The normalized spacial score (nSPS) is 19.2. The van der Waals surface area contributed by atoms with Crippen molar-refractivity contribution in [2.75, 3.05) is 26.2 Å². The Labute approximate surface area is 184 Å². The van der Waals surface area contributed by atoms with Crippen LogP contribution in [0, 0.1) is 5.92 Å². The first-order valence-electron chi connectivity index (χ1n) is 11.3. The minimum Gasteiger partial charge on any atom is -0.472 e. The zero-order chi connectivity index (χ0) is 21.8. The SMILES string of the molecule is CC(C)CN1C(=O)N(CCCc2cccnc2)C(=O)C12CCN(Cc1ccoc1)CC2. The van der Waals surface area contributed by atoms with Gasteiger partial charge in [-0.2, -0.15) is 0 Å². The van der Waals surface area contributed by atoms with Crippen molar-refractivity contribution >= 4 is 11.9 Å². The highest BCUT2D eigenvalue weighted by Crippen LogP contribution is 2.38. The van der Waals surface area contributed by atoms with Crippen LogP contribution in [0.3, 0.4) is 0 Å². The fraction of sp³-hybridized carbons (Fsp3) is 0.542. The van der Waals surface area contributed by atoms with Crippen molar-refractivity contribution in [2.45, 2.75) is 51.6 Å². The number of piperidine rings is 1. The summed E-state index contributed by atoms with van der Waals surface area (Å²) in [4.78, 5) is 36.7. The molecule has 0 aliphatic carbocycles. The highest BCUT2D eigenvalue weighted by molar-refractivity contribution is 6.07. The number of likely N-dealkylation sites (tertiary alicyclic amines) is 1. The molecule has 31 heavy (non-hydrogen) atoms. The van der Waals surface area contributed by atoms with Gasteiger partial charge in [-0.15, -0.1) is 0 Å². The maximum absolute atomic E-state index is 13.6. The quantitative estimate of drug-likeness (QED) is 0.606. The van der Waals surface area contributed by atoms with Crippen molar-refractivity contribution in [1.82, 2.24) is 19.7 Å². The van der Waals surface area contributed by atoms with Crippen molar-refractivity contribution in [3.8, 4) is 0 Å². The number of nitrogens with zero attached hydrogens (tertiary/aromatic N) is 4. The van der Waals surface area contributed by atoms with E-state index in [4.69, 9.17) is 4.42 Å². The first kappa shape index (κ1) is 21.6. The summed E-state index contributed by atoms with van der Waals surface area (Å²) in [5.41, 5.74) is 1.58. The Morgan fingerprint density at radius 1 is 1.16 bits per heavy atom. The first-order valence-corrected chi connectivity index (χ1v) is 11.3. The van der Waals surface area contributed by atoms with Gasteiger partial charge in [-0.3, -0.25) is 19.6 Å². The lowest BCUT2D eigenvalue weighted by Crippen LogP contribution is -2.57. The maximum Gasteiger partial charge on any atom is 0.327 e. The number of furan rings is 1. The lowest BCUT2D eigenvalue weighted by Gasteiger charge is -2.42. The molecule has 166 valence electrons. The number of hydrogen-bond acceptors (Lipinski definition) is 5. The second-order valence-electron chi connectivity index (χ2n) is 9.15. The van der Waals surface area contributed by atoms with Gasteiger partial charge in [0.1, 0.15) is 5.54 Å². The summed E-state index contributed by atoms with van der Waals surface area (Å²) >= 11 is 0. The lowest BCUT2D eigenvalue weighted by molar-refractivity contribution is -0.135. The van der Waals surface area contributed by atoms with Crippen molar-refractivity contribution in [3.63, 3.8) is 0 Å². The predicted octanol–water partition coefficient (Wildman–Crippen LogP) is 3.56. The summed E-state index contributed by atoms with van der Waals surface area (Å²) in [5, 5.41) is 0. The molecule has 0 N–H and O–H groups in total. The van der Waals surface area contributed by atoms with Gasteiger partial charge in [0.15, 0.2) is 0 Å². The van der Waals surface area contributed by atoms with Gasteiger partial charge in [0.25, 0.3) is 5.91 Å². The maximum atomic E-state index is 13.6. The van der Waals surface area contributed by atoms with Gasteiger partial charge in [-0.1, -0.05) is 19.9 Å². The van der Waals surface area contributed by atoms with E-state index >= 15 is 0 Å². The molecule has 0 unspecified atom stereocenters. The summed E-state index contributed by atoms with van der Waals surface area (Å²) in [6.45, 7) is 7.68. The molecule has 0 atom stereocenters. The molecule has 0 aromatic carbocycles. The van der Waals surface area contributed by atoms with Crippen LogP contribution in [0.2, 0.25) is 0 Å². The Hall–Kier alpha value is -2.67. The van der Waals surface area contributed by atoms with Gasteiger partial charge in [-0.05, 0) is 49.3 Å². The largest absolute Gasteiger partial charge is 0.472 e. The molecular formula is C24H32N4O3. The van der Waals surface area contributed by atoms with E-state index < -0.39 is 5.54 Å². The summed E-state index contributed by atoms with van der Waals surface area (Å²) in [6, 6.07) is 5.80. The van der Waals surface area contributed by atoms with E-state index in [9.17, 15) is 9.59 Å². The van der Waals surface area contributed by atoms with Gasteiger partial charge in [0, 0.05) is 50.7 Å². The van der Waals surface area contributed by atoms with Crippen molar-refractivity contribution < 1.29 is 14.0 Å². The zero-order valence-electron chi connectivity index (χ0n) is 18.5. The van der Waals surface area contributed by atoms with E-state index in [0.29, 0.717) is 31.8 Å². The third-order valence-corrected chi connectivity index (χ3v) is 6.41. The summed E-state index contributed by atoms with van der Waals surface area (Å²) in [6.07, 6.45) is 9.97. The highest BCUT2D eigenvalue weighted by Gasteiger charge is 2.57. The summed E-state index contributed by atoms with van der Waals surface area (Å²) < 4.78 is 5.18. The Morgan fingerprint density at radius 2 is 1.97 bits per heavy atom. The summed E-state index contributed by atoms with van der Waals surface area (Å²) in [5.74, 6) is 0.306. The number of aromatic nitrogens is 1. The van der Waals surface area contributed by atoms with Crippen LogP contribution in [0.25, 0.3) is 0 Å². The number of aryl methyl sites for hydroxylation is 1. The number of rotatable bonds is 8. The number of hydrogen-bond donors (Lipinski definition) is 0. The monoisotopic (exact) mass is 424 g/mol. The molecule has 4 heterocycles. The number of imide groups is 1. The predicted molar refractivity (Wildman–Crippen MR) is 117 cm³/mol. The van der Waals surface area contributed by atoms with Crippen LogP contribution < -0.4 is 0 Å². The molecule has 0 radical (unpaired) electrons. The van der Waals surface area contributed by atoms with Crippen LogP contribution in [-0.4, -0.2) is 63.3 Å². The van der Waals surface area contributed by atoms with Crippen LogP contribution in [0.15, 0.2) is 47.5 Å². The third kappa shape index (κ3) is 4.51.